The first kappa shape index (κ1) is 12.8. The van der Waals surface area contributed by atoms with E-state index in [1.54, 1.807) is 29.2 Å². The Kier molecular flexibility index (Phi) is 3.31. The zero-order valence-corrected chi connectivity index (χ0v) is 11.4. The van der Waals surface area contributed by atoms with E-state index in [1.807, 2.05) is 31.4 Å². The molecule has 102 valence electrons. The Balaban J connectivity index is 1.90. The molecule has 21 heavy (non-hydrogen) atoms. The fourth-order valence-corrected chi connectivity index (χ4v) is 1.94. The molecule has 0 aliphatic carbocycles. The Morgan fingerprint density at radius 1 is 1.29 bits per heavy atom. The van der Waals surface area contributed by atoms with E-state index < -0.39 is 0 Å². The van der Waals surface area contributed by atoms with Crippen LogP contribution >= 0.6 is 0 Å². The van der Waals surface area contributed by atoms with Crippen LogP contribution in [0.1, 0.15) is 5.56 Å². The first-order valence-corrected chi connectivity index (χ1v) is 6.34. The van der Waals surface area contributed by atoms with Crippen LogP contribution in [0.25, 0.3) is 11.3 Å². The summed E-state index contributed by atoms with van der Waals surface area (Å²) >= 11 is 0. The van der Waals surface area contributed by atoms with Crippen molar-refractivity contribution in [3.05, 3.63) is 54.5 Å². The molecule has 3 aromatic rings. The van der Waals surface area contributed by atoms with Gasteiger partial charge >= 0.3 is 0 Å². The van der Waals surface area contributed by atoms with Crippen LogP contribution in [0.2, 0.25) is 0 Å². The quantitative estimate of drug-likeness (QED) is 0.795. The van der Waals surface area contributed by atoms with E-state index in [4.69, 9.17) is 5.26 Å². The highest BCUT2D eigenvalue weighted by Gasteiger charge is 2.04. The number of aromatic nitrogens is 4. The predicted molar refractivity (Wildman–Crippen MR) is 78.7 cm³/mol. The molecule has 0 aliphatic rings. The summed E-state index contributed by atoms with van der Waals surface area (Å²) in [6, 6.07) is 11.3. The second kappa shape index (κ2) is 5.43. The minimum absolute atomic E-state index is 0.489. The zero-order chi connectivity index (χ0) is 14.7. The largest absolute Gasteiger partial charge is 0.321 e. The van der Waals surface area contributed by atoms with Crippen LogP contribution < -0.4 is 5.32 Å². The highest BCUT2D eigenvalue weighted by Crippen LogP contribution is 2.20. The van der Waals surface area contributed by atoms with Crippen molar-refractivity contribution in [2.75, 3.05) is 5.32 Å². The molecule has 6 nitrogen and oxygen atoms in total. The molecule has 0 atom stereocenters. The molecule has 2 aromatic heterocycles. The average Bonchev–Trinajstić information content (AvgIpc) is 2.93. The molecule has 3 rings (SSSR count). The molecular weight excluding hydrogens is 264 g/mol. The predicted octanol–water partition coefficient (Wildman–Crippen LogP) is 2.49. The van der Waals surface area contributed by atoms with Gasteiger partial charge in [0.1, 0.15) is 0 Å². The van der Waals surface area contributed by atoms with E-state index in [0.717, 1.165) is 16.9 Å². The van der Waals surface area contributed by atoms with Crippen LogP contribution in [0.15, 0.2) is 48.9 Å². The van der Waals surface area contributed by atoms with Crippen molar-refractivity contribution >= 4 is 11.6 Å². The van der Waals surface area contributed by atoms with E-state index in [2.05, 4.69) is 26.5 Å². The van der Waals surface area contributed by atoms with E-state index in [1.165, 1.54) is 0 Å². The normalized spacial score (nSPS) is 10.1. The van der Waals surface area contributed by atoms with E-state index >= 15 is 0 Å². The minimum atomic E-state index is 0.489. The van der Waals surface area contributed by atoms with Gasteiger partial charge in [-0.25, -0.2) is 9.97 Å². The lowest BCUT2D eigenvalue weighted by molar-refractivity contribution is 0.768. The number of hydrogen-bond donors (Lipinski definition) is 1. The number of anilines is 2. The number of nitriles is 1. The monoisotopic (exact) mass is 276 g/mol. The van der Waals surface area contributed by atoms with Crippen LogP contribution in [0.3, 0.4) is 0 Å². The summed E-state index contributed by atoms with van der Waals surface area (Å²) in [6.07, 6.45) is 5.22. The van der Waals surface area contributed by atoms with Gasteiger partial charge in [-0.05, 0) is 18.2 Å². The highest BCUT2D eigenvalue weighted by molar-refractivity contribution is 5.63. The van der Waals surface area contributed by atoms with Gasteiger partial charge in [0.15, 0.2) is 0 Å². The molecular formula is C15H12N6. The fourth-order valence-electron chi connectivity index (χ4n) is 1.94. The topological polar surface area (TPSA) is 79.4 Å². The Hall–Kier alpha value is -3.20. The third-order valence-electron chi connectivity index (χ3n) is 2.90. The highest BCUT2D eigenvalue weighted by atomic mass is 15.3. The van der Waals surface area contributed by atoms with Crippen molar-refractivity contribution in [2.24, 2.45) is 7.05 Å². The standard InChI is InChI=1S/C15H12N6/c1-21-10-13(9-18-21)19-15-17-6-5-14(20-15)12-4-2-3-11(7-12)8-16/h2-7,9-10H,1H3,(H,17,19,20). The number of nitrogens with one attached hydrogen (secondary N) is 1. The molecule has 2 heterocycles. The average molecular weight is 276 g/mol. The number of nitrogens with zero attached hydrogens (tertiary/aromatic N) is 5. The van der Waals surface area contributed by atoms with Crippen molar-refractivity contribution in [1.29, 1.82) is 5.26 Å². The number of aryl methyl sites for hydroxylation is 1. The van der Waals surface area contributed by atoms with E-state index in [0.29, 0.717) is 11.5 Å². The molecule has 0 saturated carbocycles. The Bertz CT molecular complexity index is 815. The molecule has 0 unspecified atom stereocenters. The Morgan fingerprint density at radius 3 is 2.95 bits per heavy atom. The maximum Gasteiger partial charge on any atom is 0.227 e. The second-order valence-electron chi connectivity index (χ2n) is 4.49. The van der Waals surface area contributed by atoms with E-state index in [9.17, 15) is 0 Å². The number of rotatable bonds is 3. The first-order valence-electron chi connectivity index (χ1n) is 6.34. The van der Waals surface area contributed by atoms with E-state index in [-0.39, 0.29) is 0 Å². The maximum absolute atomic E-state index is 8.96. The summed E-state index contributed by atoms with van der Waals surface area (Å²) < 4.78 is 1.70. The summed E-state index contributed by atoms with van der Waals surface area (Å²) in [6.45, 7) is 0. The third-order valence-corrected chi connectivity index (χ3v) is 2.90. The second-order valence-corrected chi connectivity index (χ2v) is 4.49. The summed E-state index contributed by atoms with van der Waals surface area (Å²) in [5.74, 6) is 0.489. The third kappa shape index (κ3) is 2.87. The lowest BCUT2D eigenvalue weighted by atomic mass is 10.1. The van der Waals surface area contributed by atoms with Gasteiger partial charge in [0.05, 0.1) is 29.2 Å². The molecule has 0 radical (unpaired) electrons. The SMILES string of the molecule is Cn1cc(Nc2nccc(-c3cccc(C#N)c3)n2)cn1. The smallest absolute Gasteiger partial charge is 0.227 e. The van der Waals surface area contributed by atoms with Gasteiger partial charge in [0.25, 0.3) is 0 Å². The van der Waals surface area contributed by atoms with Crippen LogP contribution in [-0.2, 0) is 7.05 Å². The van der Waals surface area contributed by atoms with Gasteiger partial charge in [-0.3, -0.25) is 4.68 Å². The van der Waals surface area contributed by atoms with Crippen LogP contribution in [0, 0.1) is 11.3 Å². The van der Waals surface area contributed by atoms with Crippen molar-refractivity contribution in [3.63, 3.8) is 0 Å². The molecule has 0 aliphatic heterocycles. The van der Waals surface area contributed by atoms with Gasteiger partial charge < -0.3 is 5.32 Å². The van der Waals surface area contributed by atoms with Crippen molar-refractivity contribution in [1.82, 2.24) is 19.7 Å². The zero-order valence-electron chi connectivity index (χ0n) is 11.4. The molecule has 0 spiro atoms. The molecule has 0 saturated heterocycles. The Labute approximate surface area is 121 Å². The summed E-state index contributed by atoms with van der Waals surface area (Å²) in [5, 5.41) is 16.1. The molecule has 1 N–H and O–H groups in total. The summed E-state index contributed by atoms with van der Waals surface area (Å²) in [4.78, 5) is 8.64. The van der Waals surface area contributed by atoms with Crippen molar-refractivity contribution in [2.45, 2.75) is 0 Å². The van der Waals surface area contributed by atoms with Gasteiger partial charge in [-0.15, -0.1) is 0 Å². The Morgan fingerprint density at radius 2 is 2.19 bits per heavy atom. The maximum atomic E-state index is 8.96. The lowest BCUT2D eigenvalue weighted by Crippen LogP contribution is -1.97. The molecule has 1 aromatic carbocycles. The summed E-state index contributed by atoms with van der Waals surface area (Å²) in [5.41, 5.74) is 3.06. The number of hydrogen-bond acceptors (Lipinski definition) is 5. The van der Waals surface area contributed by atoms with Crippen LogP contribution in [0.5, 0.6) is 0 Å². The lowest BCUT2D eigenvalue weighted by Gasteiger charge is -2.05. The number of benzene rings is 1. The van der Waals surface area contributed by atoms with Crippen LogP contribution in [-0.4, -0.2) is 19.7 Å². The summed E-state index contributed by atoms with van der Waals surface area (Å²) in [7, 11) is 1.84. The van der Waals surface area contributed by atoms with Gasteiger partial charge in [0, 0.05) is 25.0 Å². The van der Waals surface area contributed by atoms with Crippen molar-refractivity contribution < 1.29 is 0 Å². The minimum Gasteiger partial charge on any atom is -0.321 e. The van der Waals surface area contributed by atoms with Gasteiger partial charge in [-0.2, -0.15) is 10.4 Å². The molecule has 0 amide bonds. The fraction of sp³-hybridized carbons (Fsp3) is 0.0667. The first-order chi connectivity index (χ1) is 10.2. The van der Waals surface area contributed by atoms with Crippen molar-refractivity contribution in [3.8, 4) is 17.3 Å². The molecule has 0 fully saturated rings. The van der Waals surface area contributed by atoms with Gasteiger partial charge in [0.2, 0.25) is 5.95 Å². The molecule has 6 heteroatoms. The van der Waals surface area contributed by atoms with Crippen LogP contribution in [0.4, 0.5) is 11.6 Å². The van der Waals surface area contributed by atoms with Gasteiger partial charge in [-0.1, -0.05) is 12.1 Å². The molecule has 0 bridgehead atoms.